The van der Waals surface area contributed by atoms with E-state index in [0.717, 1.165) is 78.0 Å². The predicted octanol–water partition coefficient (Wildman–Crippen LogP) is 2.57. The Labute approximate surface area is 187 Å². The summed E-state index contributed by atoms with van der Waals surface area (Å²) >= 11 is 0. The van der Waals surface area contributed by atoms with Crippen LogP contribution in [0, 0.1) is 5.92 Å². The highest BCUT2D eigenvalue weighted by Crippen LogP contribution is 2.24. The topological polar surface area (TPSA) is 62.6 Å². The second-order valence-corrected chi connectivity index (χ2v) is 9.89. The summed E-state index contributed by atoms with van der Waals surface area (Å²) < 4.78 is 7.86. The summed E-state index contributed by atoms with van der Waals surface area (Å²) in [6.07, 6.45) is 6.05. The van der Waals surface area contributed by atoms with E-state index in [0.29, 0.717) is 31.0 Å². The van der Waals surface area contributed by atoms with Crippen LogP contribution in [0.1, 0.15) is 69.8 Å². The molecule has 2 saturated heterocycles. The van der Waals surface area contributed by atoms with Crippen molar-refractivity contribution in [3.63, 3.8) is 0 Å². The zero-order valence-corrected chi connectivity index (χ0v) is 19.7. The maximum Gasteiger partial charge on any atom is 0.220 e. The quantitative estimate of drug-likeness (QED) is 0.719. The molecule has 1 amide bonds. The molecule has 7 nitrogen and oxygen atoms in total. The van der Waals surface area contributed by atoms with Crippen LogP contribution in [0.3, 0.4) is 0 Å². The van der Waals surface area contributed by atoms with Gasteiger partial charge in [0.15, 0.2) is 0 Å². The van der Waals surface area contributed by atoms with Crippen molar-refractivity contribution < 1.29 is 9.53 Å². The molecule has 0 atom stereocenters. The zero-order chi connectivity index (χ0) is 21.8. The molecule has 31 heavy (non-hydrogen) atoms. The van der Waals surface area contributed by atoms with Crippen molar-refractivity contribution in [2.75, 3.05) is 32.8 Å². The van der Waals surface area contributed by atoms with E-state index in [-0.39, 0.29) is 5.91 Å². The minimum absolute atomic E-state index is 0.259. The van der Waals surface area contributed by atoms with Crippen LogP contribution in [0.5, 0.6) is 0 Å². The van der Waals surface area contributed by atoms with Crippen LogP contribution in [-0.4, -0.2) is 70.4 Å². The molecule has 2 fully saturated rings. The van der Waals surface area contributed by atoms with Crippen LogP contribution >= 0.6 is 0 Å². The number of fused-ring (bicyclic) bond motifs is 1. The lowest BCUT2D eigenvalue weighted by Crippen LogP contribution is -2.45. The van der Waals surface area contributed by atoms with Gasteiger partial charge >= 0.3 is 0 Å². The average molecular weight is 432 g/mol. The Morgan fingerprint density at radius 1 is 1.16 bits per heavy atom. The molecule has 0 saturated carbocycles. The smallest absolute Gasteiger partial charge is 0.220 e. The van der Waals surface area contributed by atoms with Gasteiger partial charge in [-0.1, -0.05) is 0 Å². The van der Waals surface area contributed by atoms with E-state index in [9.17, 15) is 4.79 Å². The molecule has 1 aromatic rings. The summed E-state index contributed by atoms with van der Waals surface area (Å²) in [4.78, 5) is 17.6. The van der Waals surface area contributed by atoms with Crippen molar-refractivity contribution in [2.45, 2.75) is 91.1 Å². The number of nitrogens with one attached hydrogen (secondary N) is 1. The van der Waals surface area contributed by atoms with Crippen molar-refractivity contribution >= 4 is 5.91 Å². The van der Waals surface area contributed by atoms with Gasteiger partial charge in [0.2, 0.25) is 5.91 Å². The molecule has 0 spiro atoms. The van der Waals surface area contributed by atoms with Crippen LogP contribution in [0.2, 0.25) is 0 Å². The summed E-state index contributed by atoms with van der Waals surface area (Å²) in [6, 6.07) is 0.943. The summed E-state index contributed by atoms with van der Waals surface area (Å²) in [6.45, 7) is 14.3. The van der Waals surface area contributed by atoms with Gasteiger partial charge in [0.05, 0.1) is 18.9 Å². The molecular formula is C24H41N5O2. The number of aromatic nitrogens is 2. The van der Waals surface area contributed by atoms with Crippen LogP contribution in [-0.2, 0) is 35.6 Å². The van der Waals surface area contributed by atoms with Gasteiger partial charge in [0, 0.05) is 62.4 Å². The van der Waals surface area contributed by atoms with E-state index >= 15 is 0 Å². The fourth-order valence-corrected chi connectivity index (χ4v) is 5.44. The number of carbonyl (C=O) groups is 1. The van der Waals surface area contributed by atoms with Crippen LogP contribution in [0.25, 0.3) is 0 Å². The normalized spacial score (nSPS) is 22.1. The van der Waals surface area contributed by atoms with Gasteiger partial charge in [-0.2, -0.15) is 5.10 Å². The standard InChI is InChI=1S/C24H41N5O2/c1-4-29-23-9-14-31-17-21(23)22(26-29)16-27-10-7-20(8-11-27)25-24(30)15-19-5-12-28(13-6-19)18(2)3/h18-20H,4-17H2,1-3H3,(H,25,30). The molecule has 3 aliphatic heterocycles. The van der Waals surface area contributed by atoms with Gasteiger partial charge < -0.3 is 15.0 Å². The van der Waals surface area contributed by atoms with Gasteiger partial charge in [-0.25, -0.2) is 0 Å². The Morgan fingerprint density at radius 3 is 2.58 bits per heavy atom. The lowest BCUT2D eigenvalue weighted by atomic mass is 9.92. The van der Waals surface area contributed by atoms with Crippen LogP contribution in [0.15, 0.2) is 0 Å². The van der Waals surface area contributed by atoms with Gasteiger partial charge in [-0.3, -0.25) is 14.4 Å². The van der Waals surface area contributed by atoms with Crippen LogP contribution in [0.4, 0.5) is 0 Å². The first-order valence-electron chi connectivity index (χ1n) is 12.4. The van der Waals surface area contributed by atoms with E-state index in [4.69, 9.17) is 9.84 Å². The highest BCUT2D eigenvalue weighted by molar-refractivity contribution is 5.76. The maximum absolute atomic E-state index is 12.6. The number of amides is 1. The third kappa shape index (κ3) is 5.68. The number of ether oxygens (including phenoxy) is 1. The number of hydrogen-bond acceptors (Lipinski definition) is 5. The van der Waals surface area contributed by atoms with Gasteiger partial charge in [-0.15, -0.1) is 0 Å². The highest BCUT2D eigenvalue weighted by atomic mass is 16.5. The average Bonchev–Trinajstić information content (AvgIpc) is 3.13. The van der Waals surface area contributed by atoms with Crippen LogP contribution < -0.4 is 5.32 Å². The Balaban J connectivity index is 1.20. The van der Waals surface area contributed by atoms with Gasteiger partial charge in [-0.05, 0) is 65.5 Å². The molecule has 0 radical (unpaired) electrons. The molecule has 0 unspecified atom stereocenters. The molecule has 174 valence electrons. The minimum atomic E-state index is 0.259. The number of aryl methyl sites for hydroxylation is 1. The summed E-state index contributed by atoms with van der Waals surface area (Å²) in [7, 11) is 0. The second-order valence-electron chi connectivity index (χ2n) is 9.89. The number of hydrogen-bond donors (Lipinski definition) is 1. The first kappa shape index (κ1) is 22.7. The second kappa shape index (κ2) is 10.5. The minimum Gasteiger partial charge on any atom is -0.376 e. The molecule has 0 bridgehead atoms. The summed E-state index contributed by atoms with van der Waals surface area (Å²) in [5.41, 5.74) is 3.86. The Hall–Kier alpha value is -1.44. The number of carbonyl (C=O) groups excluding carboxylic acids is 1. The molecular weight excluding hydrogens is 390 g/mol. The molecule has 0 aliphatic carbocycles. The fourth-order valence-electron chi connectivity index (χ4n) is 5.44. The Morgan fingerprint density at radius 2 is 1.90 bits per heavy atom. The molecule has 0 aromatic carbocycles. The monoisotopic (exact) mass is 431 g/mol. The SMILES string of the molecule is CCn1nc(CN2CCC(NC(=O)CC3CCN(C(C)C)CC3)CC2)c2c1CCOC2. The molecule has 7 heteroatoms. The van der Waals surface area contributed by atoms with E-state index in [2.05, 4.69) is 40.6 Å². The number of likely N-dealkylation sites (tertiary alicyclic amines) is 2. The fraction of sp³-hybridized carbons (Fsp3) is 0.833. The van der Waals surface area contributed by atoms with E-state index in [1.54, 1.807) is 0 Å². The van der Waals surface area contributed by atoms with Crippen molar-refractivity contribution in [1.82, 2.24) is 24.9 Å². The van der Waals surface area contributed by atoms with Crippen molar-refractivity contribution in [3.05, 3.63) is 17.0 Å². The summed E-state index contributed by atoms with van der Waals surface area (Å²) in [5, 5.41) is 8.20. The molecule has 4 rings (SSSR count). The zero-order valence-electron chi connectivity index (χ0n) is 19.7. The van der Waals surface area contributed by atoms with Gasteiger partial charge in [0.25, 0.3) is 0 Å². The largest absolute Gasteiger partial charge is 0.376 e. The number of piperidine rings is 2. The van der Waals surface area contributed by atoms with Crippen molar-refractivity contribution in [3.8, 4) is 0 Å². The van der Waals surface area contributed by atoms with E-state index < -0.39 is 0 Å². The lowest BCUT2D eigenvalue weighted by Gasteiger charge is -2.35. The third-order valence-corrected chi connectivity index (χ3v) is 7.46. The molecule has 1 aromatic heterocycles. The third-order valence-electron chi connectivity index (χ3n) is 7.46. The van der Waals surface area contributed by atoms with Crippen molar-refractivity contribution in [1.29, 1.82) is 0 Å². The first-order chi connectivity index (χ1) is 15.0. The van der Waals surface area contributed by atoms with Crippen molar-refractivity contribution in [2.24, 2.45) is 5.92 Å². The molecule has 1 N–H and O–H groups in total. The Bertz CT molecular complexity index is 731. The van der Waals surface area contributed by atoms with E-state index in [1.807, 2.05) is 0 Å². The lowest BCUT2D eigenvalue weighted by molar-refractivity contribution is -0.123. The number of rotatable bonds is 7. The van der Waals surface area contributed by atoms with Gasteiger partial charge in [0.1, 0.15) is 0 Å². The summed E-state index contributed by atoms with van der Waals surface area (Å²) in [5.74, 6) is 0.812. The maximum atomic E-state index is 12.6. The first-order valence-corrected chi connectivity index (χ1v) is 12.4. The molecule has 4 heterocycles. The Kier molecular flexibility index (Phi) is 7.67. The molecule has 3 aliphatic rings. The van der Waals surface area contributed by atoms with E-state index in [1.165, 1.54) is 17.0 Å². The highest BCUT2D eigenvalue weighted by Gasteiger charge is 2.27. The number of nitrogens with zero attached hydrogens (tertiary/aromatic N) is 4. The predicted molar refractivity (Wildman–Crippen MR) is 122 cm³/mol.